The van der Waals surface area contributed by atoms with Crippen LogP contribution >= 0.6 is 0 Å². The lowest BCUT2D eigenvalue weighted by Gasteiger charge is -2.14. The van der Waals surface area contributed by atoms with Crippen molar-refractivity contribution in [2.24, 2.45) is 5.73 Å². The highest BCUT2D eigenvalue weighted by atomic mass is 16.6. The first kappa shape index (κ1) is 14.3. The Morgan fingerprint density at radius 3 is 2.17 bits per heavy atom. The lowest BCUT2D eigenvalue weighted by atomic mass is 10.1. The zero-order chi connectivity index (χ0) is 13.5. The molecule has 0 atom stereocenters. The van der Waals surface area contributed by atoms with E-state index >= 15 is 0 Å². The third-order valence-electron chi connectivity index (χ3n) is 2.44. The molecule has 0 radical (unpaired) electrons. The number of rotatable bonds is 6. The van der Waals surface area contributed by atoms with Crippen LogP contribution in [0.2, 0.25) is 0 Å². The van der Waals surface area contributed by atoms with E-state index in [1.807, 2.05) is 12.1 Å². The highest BCUT2D eigenvalue weighted by Gasteiger charge is 2.15. The molecule has 2 N–H and O–H groups in total. The molecule has 0 aliphatic rings. The van der Waals surface area contributed by atoms with Crippen molar-refractivity contribution in [3.8, 4) is 17.2 Å². The molecule has 0 bridgehead atoms. The van der Waals surface area contributed by atoms with Crippen LogP contribution in [0.3, 0.4) is 0 Å². The van der Waals surface area contributed by atoms with Crippen LogP contribution in [-0.4, -0.2) is 26.7 Å². The lowest BCUT2D eigenvalue weighted by Crippen LogP contribution is -2.06. The average molecular weight is 253 g/mol. The van der Waals surface area contributed by atoms with Crippen LogP contribution in [0, 0.1) is 0 Å². The van der Waals surface area contributed by atoms with Gasteiger partial charge in [0.1, 0.15) is 0 Å². The number of carbonyl (C=O) groups excluding carboxylic acids is 1. The van der Waals surface area contributed by atoms with Crippen LogP contribution in [-0.2, 0) is 11.2 Å². The van der Waals surface area contributed by atoms with Crippen molar-refractivity contribution < 1.29 is 19.0 Å². The van der Waals surface area contributed by atoms with Gasteiger partial charge in [-0.25, -0.2) is 0 Å². The van der Waals surface area contributed by atoms with E-state index in [0.717, 1.165) is 18.4 Å². The number of hydrogen-bond acceptors (Lipinski definition) is 5. The van der Waals surface area contributed by atoms with Crippen molar-refractivity contribution in [2.45, 2.75) is 19.8 Å². The van der Waals surface area contributed by atoms with Gasteiger partial charge in [-0.3, -0.25) is 4.79 Å². The third kappa shape index (κ3) is 3.63. The molecule has 1 aromatic rings. The Morgan fingerprint density at radius 1 is 1.22 bits per heavy atom. The summed E-state index contributed by atoms with van der Waals surface area (Å²) in [7, 11) is 3.04. The minimum Gasteiger partial charge on any atom is -0.493 e. The van der Waals surface area contributed by atoms with Gasteiger partial charge in [0, 0.05) is 6.92 Å². The van der Waals surface area contributed by atoms with Crippen molar-refractivity contribution in [1.29, 1.82) is 0 Å². The lowest BCUT2D eigenvalue weighted by molar-refractivity contribution is -0.132. The minimum absolute atomic E-state index is 0.309. The molecule has 0 heterocycles. The minimum atomic E-state index is -0.415. The summed E-state index contributed by atoms with van der Waals surface area (Å²) < 4.78 is 15.5. The van der Waals surface area contributed by atoms with Crippen LogP contribution in [0.5, 0.6) is 17.2 Å². The van der Waals surface area contributed by atoms with Gasteiger partial charge in [-0.2, -0.15) is 0 Å². The molecule has 100 valence electrons. The van der Waals surface area contributed by atoms with Gasteiger partial charge >= 0.3 is 5.97 Å². The number of hydrogen-bond donors (Lipinski definition) is 1. The summed E-state index contributed by atoms with van der Waals surface area (Å²) in [5.74, 6) is 0.860. The normalized spacial score (nSPS) is 10.0. The largest absolute Gasteiger partial charge is 0.493 e. The molecule has 1 rings (SSSR count). The fraction of sp³-hybridized carbons (Fsp3) is 0.462. The highest BCUT2D eigenvalue weighted by molar-refractivity contribution is 5.72. The summed E-state index contributed by atoms with van der Waals surface area (Å²) in [5, 5.41) is 0. The zero-order valence-electron chi connectivity index (χ0n) is 11.0. The molecular formula is C13H19NO4. The number of nitrogens with two attached hydrogens (primary N) is 1. The van der Waals surface area contributed by atoms with E-state index in [4.69, 9.17) is 19.9 Å². The number of ether oxygens (including phenoxy) is 3. The Morgan fingerprint density at radius 2 is 1.78 bits per heavy atom. The van der Waals surface area contributed by atoms with Crippen molar-refractivity contribution in [3.05, 3.63) is 17.7 Å². The van der Waals surface area contributed by atoms with Crippen LogP contribution in [0.15, 0.2) is 12.1 Å². The second kappa shape index (κ2) is 6.86. The van der Waals surface area contributed by atoms with Crippen molar-refractivity contribution in [1.82, 2.24) is 0 Å². The number of carbonyl (C=O) groups is 1. The fourth-order valence-electron chi connectivity index (χ4n) is 1.63. The number of methoxy groups -OCH3 is 2. The van der Waals surface area contributed by atoms with E-state index in [9.17, 15) is 4.79 Å². The summed E-state index contributed by atoms with van der Waals surface area (Å²) in [4.78, 5) is 11.1. The Labute approximate surface area is 107 Å². The van der Waals surface area contributed by atoms with Crippen molar-refractivity contribution >= 4 is 5.97 Å². The first-order chi connectivity index (χ1) is 8.62. The predicted molar refractivity (Wildman–Crippen MR) is 68.2 cm³/mol. The van der Waals surface area contributed by atoms with Crippen LogP contribution in [0.25, 0.3) is 0 Å². The Balaban J connectivity index is 3.12. The van der Waals surface area contributed by atoms with E-state index < -0.39 is 5.97 Å². The quantitative estimate of drug-likeness (QED) is 0.615. The Kier molecular flexibility index (Phi) is 5.45. The summed E-state index contributed by atoms with van der Waals surface area (Å²) in [6, 6.07) is 3.66. The van der Waals surface area contributed by atoms with Gasteiger partial charge in [0.15, 0.2) is 11.5 Å². The molecule has 18 heavy (non-hydrogen) atoms. The molecular weight excluding hydrogens is 234 g/mol. The van der Waals surface area contributed by atoms with E-state index in [1.165, 1.54) is 21.1 Å². The molecule has 0 saturated carbocycles. The Bertz CT molecular complexity index is 392. The highest BCUT2D eigenvalue weighted by Crippen LogP contribution is 2.38. The van der Waals surface area contributed by atoms with E-state index in [1.54, 1.807) is 0 Å². The first-order valence-electron chi connectivity index (χ1n) is 5.75. The van der Waals surface area contributed by atoms with E-state index in [-0.39, 0.29) is 0 Å². The number of aryl methyl sites for hydroxylation is 1. The molecule has 1 aromatic carbocycles. The van der Waals surface area contributed by atoms with Gasteiger partial charge in [0.05, 0.1) is 14.2 Å². The summed E-state index contributed by atoms with van der Waals surface area (Å²) in [5.41, 5.74) is 6.51. The molecule has 0 aliphatic carbocycles. The Hall–Kier alpha value is -1.75. The topological polar surface area (TPSA) is 70.8 Å². The molecule has 0 amide bonds. The molecule has 5 nitrogen and oxygen atoms in total. The van der Waals surface area contributed by atoms with Gasteiger partial charge in [-0.05, 0) is 37.1 Å². The van der Waals surface area contributed by atoms with Crippen LogP contribution in [0.4, 0.5) is 0 Å². The monoisotopic (exact) mass is 253 g/mol. The molecule has 0 saturated heterocycles. The fourth-order valence-corrected chi connectivity index (χ4v) is 1.63. The summed E-state index contributed by atoms with van der Waals surface area (Å²) >= 11 is 0. The van der Waals surface area contributed by atoms with Gasteiger partial charge < -0.3 is 19.9 Å². The maximum atomic E-state index is 11.1. The van der Waals surface area contributed by atoms with E-state index in [0.29, 0.717) is 23.8 Å². The first-order valence-corrected chi connectivity index (χ1v) is 5.75. The predicted octanol–water partition coefficient (Wildman–Crippen LogP) is 1.52. The summed E-state index contributed by atoms with van der Waals surface area (Å²) in [6.07, 6.45) is 1.70. The number of esters is 1. The molecule has 0 fully saturated rings. The number of benzene rings is 1. The van der Waals surface area contributed by atoms with Gasteiger partial charge in [-0.15, -0.1) is 0 Å². The van der Waals surface area contributed by atoms with Gasteiger partial charge in [-0.1, -0.05) is 0 Å². The van der Waals surface area contributed by atoms with Gasteiger partial charge in [0.25, 0.3) is 0 Å². The molecule has 0 aliphatic heterocycles. The third-order valence-corrected chi connectivity index (χ3v) is 2.44. The molecule has 0 unspecified atom stereocenters. The van der Waals surface area contributed by atoms with Crippen LogP contribution in [0.1, 0.15) is 18.9 Å². The zero-order valence-corrected chi connectivity index (χ0v) is 11.0. The summed E-state index contributed by atoms with van der Waals surface area (Å²) in [6.45, 7) is 1.96. The SMILES string of the molecule is COc1cc(CCCN)cc(OC)c1OC(C)=O. The molecule has 5 heteroatoms. The standard InChI is InChI=1S/C13H19NO4/c1-9(15)18-13-11(16-2)7-10(5-4-6-14)8-12(13)17-3/h7-8H,4-6,14H2,1-3H3. The average Bonchev–Trinajstić information content (AvgIpc) is 2.36. The smallest absolute Gasteiger partial charge is 0.308 e. The maximum Gasteiger partial charge on any atom is 0.308 e. The van der Waals surface area contributed by atoms with Crippen molar-refractivity contribution in [2.75, 3.05) is 20.8 Å². The molecule has 0 spiro atoms. The van der Waals surface area contributed by atoms with E-state index in [2.05, 4.69) is 0 Å². The molecule has 0 aromatic heterocycles. The maximum absolute atomic E-state index is 11.1. The van der Waals surface area contributed by atoms with Gasteiger partial charge in [0.2, 0.25) is 5.75 Å². The second-order valence-electron chi connectivity index (χ2n) is 3.82. The van der Waals surface area contributed by atoms with Crippen LogP contribution < -0.4 is 19.9 Å². The second-order valence-corrected chi connectivity index (χ2v) is 3.82. The van der Waals surface area contributed by atoms with Crippen molar-refractivity contribution in [3.63, 3.8) is 0 Å².